The van der Waals surface area contributed by atoms with Crippen molar-refractivity contribution in [2.24, 2.45) is 5.41 Å². The molecule has 0 radical (unpaired) electrons. The van der Waals surface area contributed by atoms with E-state index in [0.717, 1.165) is 0 Å². The van der Waals surface area contributed by atoms with Gasteiger partial charge in [-0.05, 0) is 13.8 Å². The Morgan fingerprint density at radius 3 is 2.75 bits per heavy atom. The quantitative estimate of drug-likeness (QED) is 0.677. The summed E-state index contributed by atoms with van der Waals surface area (Å²) in [6, 6.07) is 0. The summed E-state index contributed by atoms with van der Waals surface area (Å²) in [5.74, 6) is -1.31. The molecule has 0 fully saturated rings. The lowest BCUT2D eigenvalue weighted by molar-refractivity contribution is -0.153. The van der Waals surface area contributed by atoms with Crippen LogP contribution in [0.15, 0.2) is 10.9 Å². The van der Waals surface area contributed by atoms with E-state index in [1.54, 1.807) is 0 Å². The lowest BCUT2D eigenvalue weighted by Gasteiger charge is -2.17. The lowest BCUT2D eigenvalue weighted by atomic mass is 9.93. The van der Waals surface area contributed by atoms with E-state index >= 15 is 0 Å². The number of carbonyl (C=O) groups excluding carboxylic acids is 1. The Balaban J connectivity index is 2.39. The van der Waals surface area contributed by atoms with Crippen molar-refractivity contribution >= 4 is 11.9 Å². The molecule has 0 aliphatic heterocycles. The fourth-order valence-corrected chi connectivity index (χ4v) is 0.907. The fraction of sp³-hybridized carbons (Fsp3) is 0.556. The second-order valence-corrected chi connectivity index (χ2v) is 3.77. The third-order valence-corrected chi connectivity index (χ3v) is 2.13. The number of carboxylic acid groups (broad SMARTS) is 1. The van der Waals surface area contributed by atoms with Crippen LogP contribution < -0.4 is 5.32 Å². The van der Waals surface area contributed by atoms with Crippen molar-refractivity contribution in [1.82, 2.24) is 15.5 Å². The average Bonchev–Trinajstić information content (AvgIpc) is 2.70. The van der Waals surface area contributed by atoms with E-state index in [1.807, 2.05) is 0 Å². The first-order valence-corrected chi connectivity index (χ1v) is 4.72. The number of hydrogen-bond acceptors (Lipinski definition) is 5. The molecular formula is C9H13N3O4. The van der Waals surface area contributed by atoms with Crippen LogP contribution in [0.1, 0.15) is 19.7 Å². The first kappa shape index (κ1) is 12.2. The number of nitrogens with zero attached hydrogens (tertiary/aromatic N) is 2. The Morgan fingerprint density at radius 1 is 1.56 bits per heavy atom. The van der Waals surface area contributed by atoms with Crippen LogP contribution in [0.25, 0.3) is 0 Å². The average molecular weight is 227 g/mol. The van der Waals surface area contributed by atoms with Gasteiger partial charge in [-0.25, -0.2) is 0 Å². The van der Waals surface area contributed by atoms with E-state index in [0.29, 0.717) is 12.3 Å². The van der Waals surface area contributed by atoms with E-state index in [2.05, 4.69) is 15.5 Å². The van der Waals surface area contributed by atoms with Gasteiger partial charge in [-0.1, -0.05) is 5.16 Å². The van der Waals surface area contributed by atoms with E-state index in [-0.39, 0.29) is 6.54 Å². The van der Waals surface area contributed by atoms with Gasteiger partial charge >= 0.3 is 5.97 Å². The van der Waals surface area contributed by atoms with Crippen LogP contribution in [0.2, 0.25) is 0 Å². The molecule has 1 rings (SSSR count). The minimum absolute atomic E-state index is 0.262. The monoisotopic (exact) mass is 227 g/mol. The molecule has 0 spiro atoms. The van der Waals surface area contributed by atoms with Crippen molar-refractivity contribution in [2.75, 3.05) is 6.54 Å². The zero-order valence-electron chi connectivity index (χ0n) is 9.06. The van der Waals surface area contributed by atoms with Gasteiger partial charge in [-0.3, -0.25) is 9.59 Å². The molecule has 7 heteroatoms. The highest BCUT2D eigenvalue weighted by molar-refractivity contribution is 6.00. The third kappa shape index (κ3) is 2.78. The maximum Gasteiger partial charge on any atom is 0.318 e. The second kappa shape index (κ2) is 4.73. The molecule has 16 heavy (non-hydrogen) atoms. The number of hydrogen-bond donors (Lipinski definition) is 2. The Labute approximate surface area is 91.8 Å². The number of rotatable bonds is 5. The number of carboxylic acids is 1. The van der Waals surface area contributed by atoms with Crippen LogP contribution in [-0.2, 0) is 16.0 Å². The summed E-state index contributed by atoms with van der Waals surface area (Å²) in [5.41, 5.74) is -1.44. The molecular weight excluding hydrogens is 214 g/mol. The number of carbonyl (C=O) groups is 2. The van der Waals surface area contributed by atoms with Crippen molar-refractivity contribution in [3.8, 4) is 0 Å². The SMILES string of the molecule is CC(C)(C(=O)O)C(=O)NCCc1ncno1. The van der Waals surface area contributed by atoms with Crippen LogP contribution in [0.5, 0.6) is 0 Å². The summed E-state index contributed by atoms with van der Waals surface area (Å²) < 4.78 is 4.72. The Bertz CT molecular complexity index is 372. The maximum atomic E-state index is 11.5. The zero-order valence-corrected chi connectivity index (χ0v) is 9.06. The van der Waals surface area contributed by atoms with Gasteiger partial charge in [0.05, 0.1) is 0 Å². The van der Waals surface area contributed by atoms with Crippen LogP contribution in [0.3, 0.4) is 0 Å². The molecule has 0 atom stereocenters. The van der Waals surface area contributed by atoms with Crippen molar-refractivity contribution in [3.63, 3.8) is 0 Å². The molecule has 1 aromatic heterocycles. The van der Waals surface area contributed by atoms with Crippen LogP contribution in [0.4, 0.5) is 0 Å². The first-order chi connectivity index (χ1) is 7.44. The Kier molecular flexibility index (Phi) is 3.60. The smallest absolute Gasteiger partial charge is 0.318 e. The predicted octanol–water partition coefficient (Wildman–Crippen LogP) is -0.161. The summed E-state index contributed by atoms with van der Waals surface area (Å²) in [5, 5.41) is 14.7. The molecule has 0 bridgehead atoms. The molecule has 88 valence electrons. The van der Waals surface area contributed by atoms with Crippen LogP contribution in [-0.4, -0.2) is 33.7 Å². The Morgan fingerprint density at radius 2 is 2.25 bits per heavy atom. The van der Waals surface area contributed by atoms with Crippen molar-refractivity contribution in [1.29, 1.82) is 0 Å². The van der Waals surface area contributed by atoms with Gasteiger partial charge in [0.15, 0.2) is 6.33 Å². The van der Waals surface area contributed by atoms with Crippen molar-refractivity contribution in [3.05, 3.63) is 12.2 Å². The standard InChI is InChI=1S/C9H13N3O4/c1-9(2,8(14)15)7(13)10-4-3-6-11-5-12-16-6/h5H,3-4H2,1-2H3,(H,10,13)(H,14,15). The summed E-state index contributed by atoms with van der Waals surface area (Å²) in [7, 11) is 0. The van der Waals surface area contributed by atoms with Gasteiger partial charge in [0, 0.05) is 13.0 Å². The highest BCUT2D eigenvalue weighted by atomic mass is 16.5. The van der Waals surface area contributed by atoms with E-state index in [9.17, 15) is 9.59 Å². The van der Waals surface area contributed by atoms with Gasteiger partial charge < -0.3 is 14.9 Å². The minimum Gasteiger partial charge on any atom is -0.480 e. The van der Waals surface area contributed by atoms with Crippen LogP contribution >= 0.6 is 0 Å². The van der Waals surface area contributed by atoms with Crippen molar-refractivity contribution < 1.29 is 19.2 Å². The van der Waals surface area contributed by atoms with E-state index in [4.69, 9.17) is 9.63 Å². The van der Waals surface area contributed by atoms with E-state index < -0.39 is 17.3 Å². The summed E-state index contributed by atoms with van der Waals surface area (Å²) >= 11 is 0. The van der Waals surface area contributed by atoms with Crippen LogP contribution in [0, 0.1) is 5.41 Å². The molecule has 0 aromatic carbocycles. The highest BCUT2D eigenvalue weighted by Crippen LogP contribution is 2.14. The topological polar surface area (TPSA) is 105 Å². The molecule has 1 heterocycles. The normalized spacial score (nSPS) is 11.1. The molecule has 0 saturated heterocycles. The summed E-state index contributed by atoms with van der Waals surface area (Å²) in [4.78, 5) is 26.0. The summed E-state index contributed by atoms with van der Waals surface area (Å²) in [6.07, 6.45) is 1.64. The number of aliphatic carboxylic acids is 1. The first-order valence-electron chi connectivity index (χ1n) is 4.72. The van der Waals surface area contributed by atoms with Gasteiger partial charge in [0.25, 0.3) is 0 Å². The molecule has 1 aromatic rings. The number of nitrogens with one attached hydrogen (secondary N) is 1. The maximum absolute atomic E-state index is 11.5. The second-order valence-electron chi connectivity index (χ2n) is 3.77. The predicted molar refractivity (Wildman–Crippen MR) is 52.4 cm³/mol. The molecule has 2 N–H and O–H groups in total. The molecule has 0 aliphatic rings. The number of amides is 1. The van der Waals surface area contributed by atoms with Gasteiger partial charge in [0.2, 0.25) is 11.8 Å². The van der Waals surface area contributed by atoms with Gasteiger partial charge in [-0.2, -0.15) is 4.98 Å². The minimum atomic E-state index is -1.44. The largest absolute Gasteiger partial charge is 0.480 e. The Hall–Kier alpha value is -1.92. The highest BCUT2D eigenvalue weighted by Gasteiger charge is 2.35. The molecule has 0 aliphatic carbocycles. The lowest BCUT2D eigenvalue weighted by Crippen LogP contribution is -2.43. The van der Waals surface area contributed by atoms with Crippen molar-refractivity contribution in [2.45, 2.75) is 20.3 Å². The van der Waals surface area contributed by atoms with Gasteiger partial charge in [-0.15, -0.1) is 0 Å². The number of aromatic nitrogens is 2. The molecule has 7 nitrogen and oxygen atoms in total. The molecule has 0 unspecified atom stereocenters. The zero-order chi connectivity index (χ0) is 12.2. The molecule has 0 saturated carbocycles. The van der Waals surface area contributed by atoms with E-state index in [1.165, 1.54) is 20.2 Å². The fourth-order valence-electron chi connectivity index (χ4n) is 0.907. The molecule has 1 amide bonds. The van der Waals surface area contributed by atoms with Gasteiger partial charge in [0.1, 0.15) is 5.41 Å². The third-order valence-electron chi connectivity index (χ3n) is 2.13. The summed E-state index contributed by atoms with van der Waals surface area (Å²) in [6.45, 7) is 2.95.